The fraction of sp³-hybridized carbons (Fsp3) is 0.0312. The van der Waals surface area contributed by atoms with Crippen molar-refractivity contribution in [3.63, 3.8) is 0 Å². The average molecular weight is 618 g/mol. The molecule has 42 heavy (non-hydrogen) atoms. The molecule has 0 atom stereocenters. The highest BCUT2D eigenvalue weighted by atomic mass is 79.9. The van der Waals surface area contributed by atoms with Crippen molar-refractivity contribution < 1.29 is 9.34 Å². The molecule has 0 spiro atoms. The first kappa shape index (κ1) is 25.6. The maximum atomic E-state index is 13.7. The van der Waals surface area contributed by atoms with Crippen LogP contribution in [0.1, 0.15) is 11.1 Å². The molecule has 0 N–H and O–H groups in total. The molecule has 0 bridgehead atoms. The molecule has 0 aliphatic heterocycles. The van der Waals surface area contributed by atoms with Crippen LogP contribution in [-0.4, -0.2) is 25.4 Å². The van der Waals surface area contributed by atoms with Gasteiger partial charge in [0.15, 0.2) is 5.76 Å². The van der Waals surface area contributed by atoms with Crippen molar-refractivity contribution in [3.05, 3.63) is 139 Å². The normalized spacial score (nSPS) is 11.7. The number of non-ortho nitro benzene ring substituents is 1. The molecule has 4 aromatic carbocycles. The van der Waals surface area contributed by atoms with E-state index in [1.165, 1.54) is 10.7 Å². The summed E-state index contributed by atoms with van der Waals surface area (Å²) in [4.78, 5) is 29.4. The summed E-state index contributed by atoms with van der Waals surface area (Å²) in [6.07, 6.45) is 3.55. The van der Waals surface area contributed by atoms with Gasteiger partial charge in [-0.1, -0.05) is 58.4 Å². The molecule has 0 radical (unpaired) electrons. The van der Waals surface area contributed by atoms with E-state index >= 15 is 0 Å². The molecule has 3 heterocycles. The molecule has 0 fully saturated rings. The highest BCUT2D eigenvalue weighted by Crippen LogP contribution is 2.29. The topological polar surface area (TPSA) is 108 Å². The predicted octanol–water partition coefficient (Wildman–Crippen LogP) is 7.37. The summed E-state index contributed by atoms with van der Waals surface area (Å²) < 4.78 is 10.3. The van der Waals surface area contributed by atoms with Crippen LogP contribution in [0.2, 0.25) is 0 Å². The van der Waals surface area contributed by atoms with Crippen molar-refractivity contribution in [1.82, 2.24) is 14.2 Å². The lowest BCUT2D eigenvalue weighted by atomic mass is 10.2. The highest BCUT2D eigenvalue weighted by Gasteiger charge is 2.17. The van der Waals surface area contributed by atoms with Gasteiger partial charge in [-0.25, -0.2) is 4.98 Å². The van der Waals surface area contributed by atoms with Gasteiger partial charge in [0.1, 0.15) is 5.58 Å². The number of halogens is 1. The van der Waals surface area contributed by atoms with Gasteiger partial charge >= 0.3 is 0 Å². The van der Waals surface area contributed by atoms with Gasteiger partial charge in [0.2, 0.25) is 5.82 Å². The van der Waals surface area contributed by atoms with E-state index in [-0.39, 0.29) is 17.1 Å². The number of benzene rings is 4. The fourth-order valence-corrected chi connectivity index (χ4v) is 5.49. The van der Waals surface area contributed by atoms with Crippen molar-refractivity contribution >= 4 is 60.6 Å². The largest absolute Gasteiger partial charge is 0.453 e. The number of furan rings is 1. The number of nitrogens with zero attached hydrogens (tertiary/aromatic N) is 5. The number of rotatable bonds is 6. The van der Waals surface area contributed by atoms with Gasteiger partial charge < -0.3 is 8.98 Å². The number of nitro groups is 1. The van der Waals surface area contributed by atoms with Crippen LogP contribution in [-0.2, 0) is 6.54 Å². The molecule has 0 aliphatic carbocycles. The van der Waals surface area contributed by atoms with E-state index < -0.39 is 4.92 Å². The number of hydrogen-bond acceptors (Lipinski definition) is 6. The molecule has 204 valence electrons. The molecule has 10 heteroatoms. The van der Waals surface area contributed by atoms with Crippen molar-refractivity contribution in [2.24, 2.45) is 5.10 Å². The first-order valence-electron chi connectivity index (χ1n) is 13.0. The number of hydrogen-bond donors (Lipinski definition) is 0. The lowest BCUT2D eigenvalue weighted by molar-refractivity contribution is -0.384. The van der Waals surface area contributed by atoms with Gasteiger partial charge in [0.05, 0.1) is 22.0 Å². The zero-order chi connectivity index (χ0) is 28.8. The van der Waals surface area contributed by atoms with Crippen molar-refractivity contribution in [2.45, 2.75) is 6.54 Å². The van der Waals surface area contributed by atoms with Crippen LogP contribution >= 0.6 is 15.9 Å². The Kier molecular flexibility index (Phi) is 6.24. The van der Waals surface area contributed by atoms with Gasteiger partial charge in [-0.15, -0.1) is 0 Å². The molecule has 3 aromatic heterocycles. The standard InChI is InChI=1S/C32H20BrN5O4/c33-23-12-13-29-21(15-23)16-30(42-29)31-35-27-10-3-1-9-26(27)32(39)37(31)34-17-22-19-36(28-11-4-2-8-25(22)28)18-20-6-5-7-24(14-20)38(40)41/h1-17,19H,18H2. The fourth-order valence-electron chi connectivity index (χ4n) is 5.11. The quantitative estimate of drug-likeness (QED) is 0.110. The Labute approximate surface area is 246 Å². The minimum absolute atomic E-state index is 0.0411. The van der Waals surface area contributed by atoms with Gasteiger partial charge in [-0.3, -0.25) is 14.9 Å². The predicted molar refractivity (Wildman–Crippen MR) is 166 cm³/mol. The lowest BCUT2D eigenvalue weighted by Crippen LogP contribution is -2.20. The zero-order valence-corrected chi connectivity index (χ0v) is 23.4. The van der Waals surface area contributed by atoms with E-state index in [4.69, 9.17) is 9.40 Å². The Bertz CT molecular complexity index is 2260. The molecule has 7 rings (SSSR count). The minimum atomic E-state index is -0.400. The number of fused-ring (bicyclic) bond motifs is 3. The van der Waals surface area contributed by atoms with Gasteiger partial charge in [-0.2, -0.15) is 9.78 Å². The van der Waals surface area contributed by atoms with Crippen LogP contribution in [0.15, 0.2) is 122 Å². The number of nitro benzene ring substituents is 1. The maximum absolute atomic E-state index is 13.7. The number of aromatic nitrogens is 3. The van der Waals surface area contributed by atoms with E-state index in [2.05, 4.69) is 21.0 Å². The molecule has 7 aromatic rings. The van der Waals surface area contributed by atoms with E-state index in [0.29, 0.717) is 28.8 Å². The summed E-state index contributed by atoms with van der Waals surface area (Å²) in [5.74, 6) is 0.693. The third kappa shape index (κ3) is 4.57. The summed E-state index contributed by atoms with van der Waals surface area (Å²) in [6, 6.07) is 29.0. The van der Waals surface area contributed by atoms with E-state index in [1.54, 1.807) is 36.5 Å². The van der Waals surface area contributed by atoms with E-state index in [0.717, 1.165) is 31.9 Å². The summed E-state index contributed by atoms with van der Waals surface area (Å²) >= 11 is 3.49. The summed E-state index contributed by atoms with van der Waals surface area (Å²) in [7, 11) is 0. The van der Waals surface area contributed by atoms with E-state index in [9.17, 15) is 14.9 Å². The van der Waals surface area contributed by atoms with Gasteiger partial charge in [0, 0.05) is 51.2 Å². The van der Waals surface area contributed by atoms with Crippen molar-refractivity contribution in [3.8, 4) is 11.6 Å². The first-order chi connectivity index (χ1) is 20.4. The minimum Gasteiger partial charge on any atom is -0.453 e. The van der Waals surface area contributed by atoms with Crippen LogP contribution in [0.4, 0.5) is 5.69 Å². The summed E-state index contributed by atoms with van der Waals surface area (Å²) in [5, 5.41) is 18.1. The molecule has 0 saturated carbocycles. The lowest BCUT2D eigenvalue weighted by Gasteiger charge is -2.07. The first-order valence-corrected chi connectivity index (χ1v) is 13.8. The Morgan fingerprint density at radius 2 is 1.76 bits per heavy atom. The molecule has 0 amide bonds. The molecule has 9 nitrogen and oxygen atoms in total. The Balaban J connectivity index is 1.36. The molecule has 0 aliphatic rings. The second-order valence-corrected chi connectivity index (χ2v) is 10.7. The summed E-state index contributed by atoms with van der Waals surface area (Å²) in [5.41, 5.74) is 3.41. The SMILES string of the molecule is O=c1c2ccccc2nc(-c2cc3cc(Br)ccc3o2)n1N=Cc1cn(Cc2cccc([N+](=O)[O-])c2)c2ccccc12. The third-order valence-corrected chi connectivity index (χ3v) is 7.55. The van der Waals surface area contributed by atoms with Crippen LogP contribution in [0.25, 0.3) is 44.4 Å². The maximum Gasteiger partial charge on any atom is 0.282 e. The van der Waals surface area contributed by atoms with Crippen LogP contribution < -0.4 is 5.56 Å². The smallest absolute Gasteiger partial charge is 0.282 e. The highest BCUT2D eigenvalue weighted by molar-refractivity contribution is 9.10. The van der Waals surface area contributed by atoms with Gasteiger partial charge in [0.25, 0.3) is 11.2 Å². The monoisotopic (exact) mass is 617 g/mol. The molecule has 0 saturated heterocycles. The van der Waals surface area contributed by atoms with Crippen LogP contribution in [0.5, 0.6) is 0 Å². The summed E-state index contributed by atoms with van der Waals surface area (Å²) in [6.45, 7) is 0.424. The van der Waals surface area contributed by atoms with Crippen LogP contribution in [0.3, 0.4) is 0 Å². The molecular formula is C32H20BrN5O4. The van der Waals surface area contributed by atoms with Gasteiger partial charge in [-0.05, 0) is 48.0 Å². The number of para-hydroxylation sites is 2. The van der Waals surface area contributed by atoms with E-state index in [1.807, 2.05) is 71.4 Å². The zero-order valence-electron chi connectivity index (χ0n) is 21.8. The Hall–Kier alpha value is -5.35. The molecular weight excluding hydrogens is 598 g/mol. The Morgan fingerprint density at radius 3 is 2.62 bits per heavy atom. The third-order valence-electron chi connectivity index (χ3n) is 7.06. The van der Waals surface area contributed by atoms with Crippen molar-refractivity contribution in [1.29, 1.82) is 0 Å². The second-order valence-electron chi connectivity index (χ2n) is 9.76. The molecule has 0 unspecified atom stereocenters. The second kappa shape index (κ2) is 10.2. The van der Waals surface area contributed by atoms with Crippen molar-refractivity contribution in [2.75, 3.05) is 0 Å². The average Bonchev–Trinajstić information content (AvgIpc) is 3.58. The van der Waals surface area contributed by atoms with Crippen LogP contribution in [0, 0.1) is 10.1 Å². The Morgan fingerprint density at radius 1 is 0.952 bits per heavy atom.